The molecule has 27 heavy (non-hydrogen) atoms. The molecule has 0 spiro atoms. The average molecular weight is 410 g/mol. The largest absolute Gasteiger partial charge is 0.352 e. The van der Waals surface area contributed by atoms with Crippen molar-refractivity contribution in [1.29, 1.82) is 0 Å². The summed E-state index contributed by atoms with van der Waals surface area (Å²) in [6, 6.07) is 4.62. The number of hydrogen-bond acceptors (Lipinski definition) is 5. The van der Waals surface area contributed by atoms with Crippen LogP contribution in [-0.2, 0) is 23.0 Å². The molecule has 3 N–H and O–H groups in total. The topological polar surface area (TPSA) is 109 Å². The Bertz CT molecular complexity index is 1010. The molecule has 0 aliphatic heterocycles. The van der Waals surface area contributed by atoms with Crippen LogP contribution in [0.15, 0.2) is 23.1 Å². The van der Waals surface area contributed by atoms with E-state index < -0.39 is 10.0 Å². The quantitative estimate of drug-likeness (QED) is 0.575. The Morgan fingerprint density at radius 3 is 2.81 bits per heavy atom. The molecule has 0 unspecified atom stereocenters. The fraction of sp³-hybridized carbons (Fsp3) is 0.471. The van der Waals surface area contributed by atoms with Crippen molar-refractivity contribution in [2.75, 3.05) is 6.54 Å². The zero-order chi connectivity index (χ0) is 19.6. The van der Waals surface area contributed by atoms with Gasteiger partial charge >= 0.3 is 0 Å². The average Bonchev–Trinajstić information content (AvgIpc) is 3.35. The standard InChI is InChI=1S/C17H23N5O3S2/c1-3-22-15(19-20-17(22)26)8-9-18-16(23)14-10-13(7-4-11(14)2)27(24,25)21-12-5-6-12/h4,7,10,12,21H,3,5-6,8-9H2,1-2H3,(H,18,23)(H,20,26). The summed E-state index contributed by atoms with van der Waals surface area (Å²) in [5.41, 5.74) is 1.07. The van der Waals surface area contributed by atoms with E-state index >= 15 is 0 Å². The molecule has 1 saturated carbocycles. The first-order valence-corrected chi connectivity index (χ1v) is 10.8. The molecule has 2 aromatic rings. The van der Waals surface area contributed by atoms with Crippen LogP contribution in [0.5, 0.6) is 0 Å². The molecule has 1 amide bonds. The molecule has 1 aliphatic rings. The van der Waals surface area contributed by atoms with Crippen molar-refractivity contribution in [3.05, 3.63) is 39.9 Å². The van der Waals surface area contributed by atoms with E-state index in [0.29, 0.717) is 35.4 Å². The van der Waals surface area contributed by atoms with E-state index in [1.165, 1.54) is 12.1 Å². The SMILES string of the molecule is CCn1c(CCNC(=O)c2cc(S(=O)(=O)NC3CC3)ccc2C)n[nH]c1=S. The number of aromatic nitrogens is 3. The van der Waals surface area contributed by atoms with Crippen LogP contribution in [0, 0.1) is 11.7 Å². The van der Waals surface area contributed by atoms with Gasteiger partial charge in [-0.3, -0.25) is 9.89 Å². The van der Waals surface area contributed by atoms with E-state index in [-0.39, 0.29) is 16.8 Å². The number of benzene rings is 1. The van der Waals surface area contributed by atoms with Crippen molar-refractivity contribution in [1.82, 2.24) is 24.8 Å². The van der Waals surface area contributed by atoms with Crippen molar-refractivity contribution >= 4 is 28.1 Å². The highest BCUT2D eigenvalue weighted by Crippen LogP contribution is 2.23. The third kappa shape index (κ3) is 4.63. The van der Waals surface area contributed by atoms with E-state index in [0.717, 1.165) is 18.7 Å². The maximum Gasteiger partial charge on any atom is 0.251 e. The van der Waals surface area contributed by atoms with Crippen LogP contribution in [-0.4, -0.2) is 41.7 Å². The van der Waals surface area contributed by atoms with E-state index in [1.807, 2.05) is 11.5 Å². The van der Waals surface area contributed by atoms with Gasteiger partial charge in [0.2, 0.25) is 10.0 Å². The zero-order valence-corrected chi connectivity index (χ0v) is 16.9. The van der Waals surface area contributed by atoms with Gasteiger partial charge in [-0.15, -0.1) is 0 Å². The van der Waals surface area contributed by atoms with Crippen LogP contribution < -0.4 is 10.0 Å². The van der Waals surface area contributed by atoms with Crippen LogP contribution >= 0.6 is 12.2 Å². The highest BCUT2D eigenvalue weighted by Gasteiger charge is 2.28. The fourth-order valence-corrected chi connectivity index (χ4v) is 4.36. The van der Waals surface area contributed by atoms with Crippen LogP contribution in [0.25, 0.3) is 0 Å². The first kappa shape index (κ1) is 19.7. The molecule has 1 aliphatic carbocycles. The minimum atomic E-state index is -3.60. The highest BCUT2D eigenvalue weighted by molar-refractivity contribution is 7.89. The number of rotatable bonds is 8. The maximum atomic E-state index is 12.5. The second-order valence-corrected chi connectivity index (χ2v) is 8.67. The molecule has 0 atom stereocenters. The van der Waals surface area contributed by atoms with Gasteiger partial charge in [0.15, 0.2) is 4.77 Å². The monoisotopic (exact) mass is 409 g/mol. The molecule has 1 aromatic carbocycles. The number of aryl methyl sites for hydroxylation is 1. The third-order valence-electron chi connectivity index (χ3n) is 4.45. The highest BCUT2D eigenvalue weighted by atomic mass is 32.2. The van der Waals surface area contributed by atoms with Crippen LogP contribution in [0.3, 0.4) is 0 Å². The van der Waals surface area contributed by atoms with Crippen LogP contribution in [0.2, 0.25) is 0 Å². The molecule has 1 heterocycles. The van der Waals surface area contributed by atoms with Gasteiger partial charge in [-0.05, 0) is 56.6 Å². The maximum absolute atomic E-state index is 12.5. The van der Waals surface area contributed by atoms with Crippen molar-refractivity contribution in [2.45, 2.75) is 50.6 Å². The van der Waals surface area contributed by atoms with E-state index in [9.17, 15) is 13.2 Å². The molecular weight excluding hydrogens is 386 g/mol. The molecule has 1 aromatic heterocycles. The number of nitrogens with one attached hydrogen (secondary N) is 3. The summed E-state index contributed by atoms with van der Waals surface area (Å²) in [7, 11) is -3.60. The number of amides is 1. The lowest BCUT2D eigenvalue weighted by molar-refractivity contribution is 0.0953. The van der Waals surface area contributed by atoms with E-state index in [4.69, 9.17) is 12.2 Å². The van der Waals surface area contributed by atoms with Gasteiger partial charge < -0.3 is 9.88 Å². The molecule has 0 bridgehead atoms. The first-order valence-electron chi connectivity index (χ1n) is 8.87. The fourth-order valence-electron chi connectivity index (χ4n) is 2.75. The summed E-state index contributed by atoms with van der Waals surface area (Å²) >= 11 is 5.15. The molecule has 1 fully saturated rings. The van der Waals surface area contributed by atoms with Gasteiger partial charge in [0.05, 0.1) is 4.90 Å². The molecular formula is C17H23N5O3S2. The van der Waals surface area contributed by atoms with Crippen molar-refractivity contribution in [3.63, 3.8) is 0 Å². The summed E-state index contributed by atoms with van der Waals surface area (Å²) in [6.07, 6.45) is 2.23. The second kappa shape index (κ2) is 7.91. The van der Waals surface area contributed by atoms with Crippen LogP contribution in [0.1, 0.15) is 41.5 Å². The van der Waals surface area contributed by atoms with Gasteiger partial charge in [0, 0.05) is 31.1 Å². The van der Waals surface area contributed by atoms with Gasteiger partial charge in [0.25, 0.3) is 5.91 Å². The van der Waals surface area contributed by atoms with Crippen molar-refractivity contribution < 1.29 is 13.2 Å². The molecule has 0 saturated heterocycles. The lowest BCUT2D eigenvalue weighted by atomic mass is 10.1. The van der Waals surface area contributed by atoms with Crippen molar-refractivity contribution in [2.24, 2.45) is 0 Å². The van der Waals surface area contributed by atoms with Gasteiger partial charge in [-0.25, -0.2) is 13.1 Å². The minimum absolute atomic E-state index is 0.0157. The second-order valence-electron chi connectivity index (χ2n) is 6.57. The molecule has 8 nitrogen and oxygen atoms in total. The normalized spacial score (nSPS) is 14.3. The summed E-state index contributed by atoms with van der Waals surface area (Å²) in [4.78, 5) is 12.7. The zero-order valence-electron chi connectivity index (χ0n) is 15.3. The smallest absolute Gasteiger partial charge is 0.251 e. The summed E-state index contributed by atoms with van der Waals surface area (Å²) in [5, 5.41) is 9.73. The van der Waals surface area contributed by atoms with Gasteiger partial charge in [-0.2, -0.15) is 5.10 Å². The van der Waals surface area contributed by atoms with E-state index in [1.54, 1.807) is 13.0 Å². The number of aromatic amines is 1. The summed E-state index contributed by atoms with van der Waals surface area (Å²) in [6.45, 7) is 4.82. The molecule has 3 rings (SSSR count). The number of carbonyl (C=O) groups is 1. The Labute approximate surface area is 163 Å². The van der Waals surface area contributed by atoms with E-state index in [2.05, 4.69) is 20.2 Å². The third-order valence-corrected chi connectivity index (χ3v) is 6.28. The van der Waals surface area contributed by atoms with Gasteiger partial charge in [0.1, 0.15) is 5.82 Å². The minimum Gasteiger partial charge on any atom is -0.352 e. The summed E-state index contributed by atoms with van der Waals surface area (Å²) in [5.74, 6) is 0.456. The Balaban J connectivity index is 1.68. The number of nitrogens with zero attached hydrogens (tertiary/aromatic N) is 2. The Morgan fingerprint density at radius 1 is 1.41 bits per heavy atom. The summed E-state index contributed by atoms with van der Waals surface area (Å²) < 4.78 is 29.8. The molecule has 146 valence electrons. The van der Waals surface area contributed by atoms with Gasteiger partial charge in [-0.1, -0.05) is 6.07 Å². The van der Waals surface area contributed by atoms with Crippen LogP contribution in [0.4, 0.5) is 0 Å². The lowest BCUT2D eigenvalue weighted by Crippen LogP contribution is -2.29. The Hall–Kier alpha value is -2.04. The number of carbonyl (C=O) groups excluding carboxylic acids is 1. The Morgan fingerprint density at radius 2 is 2.15 bits per heavy atom. The predicted molar refractivity (Wildman–Crippen MR) is 104 cm³/mol. The first-order chi connectivity index (χ1) is 12.8. The number of H-pyrrole nitrogens is 1. The number of hydrogen-bond donors (Lipinski definition) is 3. The predicted octanol–water partition coefficient (Wildman–Crippen LogP) is 1.68. The molecule has 10 heteroatoms. The van der Waals surface area contributed by atoms with Crippen molar-refractivity contribution in [3.8, 4) is 0 Å². The molecule has 0 radical (unpaired) electrons. The Kier molecular flexibility index (Phi) is 5.78. The lowest BCUT2D eigenvalue weighted by Gasteiger charge is -2.11. The number of sulfonamides is 1.